The second-order valence-corrected chi connectivity index (χ2v) is 5.11. The zero-order valence-electron chi connectivity index (χ0n) is 12.3. The van der Waals surface area contributed by atoms with Gasteiger partial charge in [0.15, 0.2) is 6.10 Å². The first kappa shape index (κ1) is 16.2. The second-order valence-electron chi connectivity index (χ2n) is 5.11. The number of nitriles is 1. The Bertz CT molecular complexity index is 460. The van der Waals surface area contributed by atoms with Crippen LogP contribution in [0.5, 0.6) is 0 Å². The minimum atomic E-state index is -0.549. The quantitative estimate of drug-likeness (QED) is 0.718. The Hall–Kier alpha value is -1.86. The zero-order valence-corrected chi connectivity index (χ0v) is 12.3. The monoisotopic (exact) mass is 275 g/mol. The molecule has 0 fully saturated rings. The van der Waals surface area contributed by atoms with Crippen LogP contribution < -0.4 is 0 Å². The van der Waals surface area contributed by atoms with E-state index in [1.807, 2.05) is 6.07 Å². The zero-order chi connectivity index (χ0) is 15.0. The van der Waals surface area contributed by atoms with E-state index in [1.165, 1.54) is 0 Å². The first-order chi connectivity index (χ1) is 9.52. The highest BCUT2D eigenvalue weighted by molar-refractivity contribution is 5.74. The summed E-state index contributed by atoms with van der Waals surface area (Å²) in [7, 11) is 0. The molecule has 1 aromatic carbocycles. The molecule has 108 valence electrons. The number of esters is 1. The Morgan fingerprint density at radius 3 is 2.45 bits per heavy atom. The Balaban J connectivity index is 2.32. The summed E-state index contributed by atoms with van der Waals surface area (Å²) in [6, 6.07) is 8.99. The van der Waals surface area contributed by atoms with Crippen molar-refractivity contribution in [2.24, 2.45) is 5.92 Å². The number of rotatable bonds is 7. The molecule has 0 aromatic heterocycles. The molecule has 0 aliphatic rings. The SMILES string of the molecule is CC(C)CCOC(C)C(=O)OCc1ccc(C#N)cc1. The summed E-state index contributed by atoms with van der Waals surface area (Å²) < 4.78 is 10.6. The van der Waals surface area contributed by atoms with E-state index in [1.54, 1.807) is 31.2 Å². The smallest absolute Gasteiger partial charge is 0.335 e. The number of carbonyl (C=O) groups is 1. The van der Waals surface area contributed by atoms with Gasteiger partial charge in [-0.15, -0.1) is 0 Å². The molecule has 1 aromatic rings. The van der Waals surface area contributed by atoms with Crippen molar-refractivity contribution in [3.8, 4) is 6.07 Å². The number of nitrogens with zero attached hydrogens (tertiary/aromatic N) is 1. The van der Waals surface area contributed by atoms with E-state index in [0.29, 0.717) is 18.1 Å². The maximum absolute atomic E-state index is 11.7. The fourth-order valence-electron chi connectivity index (χ4n) is 1.50. The fraction of sp³-hybridized carbons (Fsp3) is 0.500. The van der Waals surface area contributed by atoms with E-state index in [-0.39, 0.29) is 12.6 Å². The lowest BCUT2D eigenvalue weighted by atomic mass is 10.1. The van der Waals surface area contributed by atoms with E-state index < -0.39 is 6.10 Å². The van der Waals surface area contributed by atoms with Crippen LogP contribution in [0, 0.1) is 17.2 Å². The van der Waals surface area contributed by atoms with Crippen LogP contribution in [-0.4, -0.2) is 18.7 Å². The lowest BCUT2D eigenvalue weighted by molar-refractivity contribution is -0.157. The molecule has 20 heavy (non-hydrogen) atoms. The van der Waals surface area contributed by atoms with Gasteiger partial charge in [-0.1, -0.05) is 26.0 Å². The molecule has 0 aliphatic carbocycles. The van der Waals surface area contributed by atoms with Gasteiger partial charge in [0.2, 0.25) is 0 Å². The van der Waals surface area contributed by atoms with Crippen LogP contribution in [0.4, 0.5) is 0 Å². The molecule has 1 rings (SSSR count). The summed E-state index contributed by atoms with van der Waals surface area (Å²) in [5, 5.41) is 8.69. The van der Waals surface area contributed by atoms with Crippen LogP contribution in [0.2, 0.25) is 0 Å². The van der Waals surface area contributed by atoms with Gasteiger partial charge in [0.1, 0.15) is 6.61 Å². The minimum Gasteiger partial charge on any atom is -0.459 e. The molecule has 4 heteroatoms. The molecular formula is C16H21NO3. The summed E-state index contributed by atoms with van der Waals surface area (Å²) >= 11 is 0. The molecule has 0 aliphatic heterocycles. The molecule has 4 nitrogen and oxygen atoms in total. The minimum absolute atomic E-state index is 0.197. The molecule has 0 radical (unpaired) electrons. The third-order valence-electron chi connectivity index (χ3n) is 2.86. The van der Waals surface area contributed by atoms with Gasteiger partial charge in [-0.2, -0.15) is 5.26 Å². The summed E-state index contributed by atoms with van der Waals surface area (Å²) in [5.41, 5.74) is 1.44. The molecule has 1 atom stereocenters. The summed E-state index contributed by atoms with van der Waals surface area (Å²) in [6.07, 6.45) is 0.375. The van der Waals surface area contributed by atoms with Crippen LogP contribution in [-0.2, 0) is 20.9 Å². The van der Waals surface area contributed by atoms with Gasteiger partial charge in [0.05, 0.1) is 11.6 Å². The standard InChI is InChI=1S/C16H21NO3/c1-12(2)8-9-19-13(3)16(18)20-11-15-6-4-14(10-17)5-7-15/h4-7,12-13H,8-9,11H2,1-3H3. The van der Waals surface area contributed by atoms with Gasteiger partial charge in [-0.25, -0.2) is 4.79 Å². The van der Waals surface area contributed by atoms with Gasteiger partial charge in [-0.3, -0.25) is 0 Å². The van der Waals surface area contributed by atoms with Crippen molar-refractivity contribution in [2.75, 3.05) is 6.61 Å². The molecular weight excluding hydrogens is 254 g/mol. The highest BCUT2D eigenvalue weighted by Crippen LogP contribution is 2.07. The average molecular weight is 275 g/mol. The van der Waals surface area contributed by atoms with Gasteiger partial charge in [0, 0.05) is 6.61 Å². The highest BCUT2D eigenvalue weighted by Gasteiger charge is 2.15. The number of benzene rings is 1. The maximum atomic E-state index is 11.7. The molecule has 0 amide bonds. The van der Waals surface area contributed by atoms with Crippen molar-refractivity contribution in [2.45, 2.75) is 39.9 Å². The molecule has 0 heterocycles. The number of hydrogen-bond donors (Lipinski definition) is 0. The molecule has 0 spiro atoms. The molecule has 0 saturated carbocycles. The van der Waals surface area contributed by atoms with Crippen LogP contribution in [0.3, 0.4) is 0 Å². The Kier molecular flexibility index (Phi) is 6.75. The second kappa shape index (κ2) is 8.34. The van der Waals surface area contributed by atoms with E-state index in [2.05, 4.69) is 13.8 Å². The third-order valence-corrected chi connectivity index (χ3v) is 2.86. The largest absolute Gasteiger partial charge is 0.459 e. The Morgan fingerprint density at radius 2 is 1.90 bits per heavy atom. The van der Waals surface area contributed by atoms with Crippen molar-refractivity contribution >= 4 is 5.97 Å². The lowest BCUT2D eigenvalue weighted by Crippen LogP contribution is -2.24. The van der Waals surface area contributed by atoms with Crippen molar-refractivity contribution in [1.29, 1.82) is 5.26 Å². The Labute approximate surface area is 120 Å². The normalized spacial score (nSPS) is 11.9. The van der Waals surface area contributed by atoms with E-state index in [4.69, 9.17) is 14.7 Å². The van der Waals surface area contributed by atoms with Crippen LogP contribution in [0.15, 0.2) is 24.3 Å². The molecule has 0 bridgehead atoms. The van der Waals surface area contributed by atoms with Crippen LogP contribution in [0.1, 0.15) is 38.3 Å². The average Bonchev–Trinajstić information content (AvgIpc) is 2.44. The predicted molar refractivity (Wildman–Crippen MR) is 75.8 cm³/mol. The number of carbonyl (C=O) groups excluding carboxylic acids is 1. The van der Waals surface area contributed by atoms with Crippen LogP contribution in [0.25, 0.3) is 0 Å². The predicted octanol–water partition coefficient (Wildman–Crippen LogP) is 3.05. The van der Waals surface area contributed by atoms with Gasteiger partial charge in [-0.05, 0) is 37.0 Å². The van der Waals surface area contributed by atoms with E-state index >= 15 is 0 Å². The first-order valence-corrected chi connectivity index (χ1v) is 6.80. The molecule has 0 N–H and O–H groups in total. The van der Waals surface area contributed by atoms with E-state index in [0.717, 1.165) is 12.0 Å². The van der Waals surface area contributed by atoms with Crippen LogP contribution >= 0.6 is 0 Å². The van der Waals surface area contributed by atoms with Crippen molar-refractivity contribution < 1.29 is 14.3 Å². The summed E-state index contributed by atoms with van der Waals surface area (Å²) in [4.78, 5) is 11.7. The maximum Gasteiger partial charge on any atom is 0.335 e. The fourth-order valence-corrected chi connectivity index (χ4v) is 1.50. The molecule has 0 saturated heterocycles. The third kappa shape index (κ3) is 5.85. The van der Waals surface area contributed by atoms with Crippen molar-refractivity contribution in [3.05, 3.63) is 35.4 Å². The van der Waals surface area contributed by atoms with Crippen molar-refractivity contribution in [1.82, 2.24) is 0 Å². The van der Waals surface area contributed by atoms with E-state index in [9.17, 15) is 4.79 Å². The summed E-state index contributed by atoms with van der Waals surface area (Å²) in [5.74, 6) is 0.190. The molecule has 1 unspecified atom stereocenters. The van der Waals surface area contributed by atoms with Gasteiger partial charge >= 0.3 is 5.97 Å². The van der Waals surface area contributed by atoms with Crippen molar-refractivity contribution in [3.63, 3.8) is 0 Å². The lowest BCUT2D eigenvalue weighted by Gasteiger charge is -2.13. The number of hydrogen-bond acceptors (Lipinski definition) is 4. The summed E-state index contributed by atoms with van der Waals surface area (Å²) in [6.45, 7) is 6.67. The highest BCUT2D eigenvalue weighted by atomic mass is 16.6. The van der Waals surface area contributed by atoms with Gasteiger partial charge in [0.25, 0.3) is 0 Å². The first-order valence-electron chi connectivity index (χ1n) is 6.80. The Morgan fingerprint density at radius 1 is 1.25 bits per heavy atom. The number of ether oxygens (including phenoxy) is 2. The topological polar surface area (TPSA) is 59.3 Å². The van der Waals surface area contributed by atoms with Gasteiger partial charge < -0.3 is 9.47 Å².